The number of ether oxygens (including phenoxy) is 1. The maximum absolute atomic E-state index is 5.51. The van der Waals surface area contributed by atoms with Crippen LogP contribution < -0.4 is 0 Å². The minimum absolute atomic E-state index is 0.277. The molecule has 0 N–H and O–H groups in total. The largest absolute Gasteiger partial charge is 0.377 e. The molecule has 1 fully saturated rings. The summed E-state index contributed by atoms with van der Waals surface area (Å²) in [5.74, 6) is 0.712. The van der Waals surface area contributed by atoms with Gasteiger partial charge in [-0.25, -0.2) is 0 Å². The third-order valence-corrected chi connectivity index (χ3v) is 3.63. The smallest absolute Gasteiger partial charge is 0.0814 e. The molecule has 0 amide bonds. The molecule has 76 valence electrons. The lowest BCUT2D eigenvalue weighted by atomic mass is 9.83. The molecule has 1 nitrogen and oxygen atoms in total. The van der Waals surface area contributed by atoms with Crippen LogP contribution in [0.25, 0.3) is 0 Å². The maximum Gasteiger partial charge on any atom is 0.0814 e. The maximum atomic E-state index is 5.51. The van der Waals surface area contributed by atoms with Crippen molar-refractivity contribution in [2.24, 2.45) is 5.92 Å². The molecule has 1 rings (SSSR count). The molecule has 0 aromatic heterocycles. The summed E-state index contributed by atoms with van der Waals surface area (Å²) in [6, 6.07) is 0. The SMILES string of the molecule is C=C(CBr)C(OC)C1CCCCC1. The molecular weight excluding hydrogens is 228 g/mol. The van der Waals surface area contributed by atoms with E-state index in [1.165, 1.54) is 37.7 Å². The monoisotopic (exact) mass is 246 g/mol. The summed E-state index contributed by atoms with van der Waals surface area (Å²) in [6.07, 6.45) is 7.02. The molecule has 1 atom stereocenters. The lowest BCUT2D eigenvalue weighted by molar-refractivity contribution is 0.0642. The average Bonchev–Trinajstić information content (AvgIpc) is 2.20. The van der Waals surface area contributed by atoms with Gasteiger partial charge in [0.1, 0.15) is 0 Å². The van der Waals surface area contributed by atoms with Gasteiger partial charge in [-0.2, -0.15) is 0 Å². The van der Waals surface area contributed by atoms with Crippen LogP contribution in [0.2, 0.25) is 0 Å². The molecule has 13 heavy (non-hydrogen) atoms. The second kappa shape index (κ2) is 5.82. The molecule has 0 heterocycles. The first-order valence-corrected chi connectivity index (χ1v) is 6.18. The van der Waals surface area contributed by atoms with E-state index in [-0.39, 0.29) is 6.10 Å². The minimum atomic E-state index is 0.277. The van der Waals surface area contributed by atoms with Gasteiger partial charge in [0, 0.05) is 12.4 Å². The molecule has 0 bridgehead atoms. The van der Waals surface area contributed by atoms with E-state index < -0.39 is 0 Å². The Morgan fingerprint density at radius 2 is 2.08 bits per heavy atom. The van der Waals surface area contributed by atoms with Crippen LogP contribution >= 0.6 is 15.9 Å². The van der Waals surface area contributed by atoms with Crippen LogP contribution in [0.1, 0.15) is 32.1 Å². The summed E-state index contributed by atoms with van der Waals surface area (Å²) in [5.41, 5.74) is 1.19. The Hall–Kier alpha value is 0.180. The molecule has 0 aromatic carbocycles. The fraction of sp³-hybridized carbons (Fsp3) is 0.818. The third-order valence-electron chi connectivity index (χ3n) is 2.91. The van der Waals surface area contributed by atoms with E-state index in [0.717, 1.165) is 5.33 Å². The molecule has 0 spiro atoms. The van der Waals surface area contributed by atoms with Crippen molar-refractivity contribution in [3.63, 3.8) is 0 Å². The van der Waals surface area contributed by atoms with Gasteiger partial charge in [-0.05, 0) is 24.3 Å². The predicted octanol–water partition coefficient (Wildman–Crippen LogP) is 3.53. The van der Waals surface area contributed by atoms with Gasteiger partial charge in [-0.3, -0.25) is 0 Å². The zero-order valence-corrected chi connectivity index (χ0v) is 9.98. The number of halogens is 1. The van der Waals surface area contributed by atoms with Crippen molar-refractivity contribution in [1.82, 2.24) is 0 Å². The summed E-state index contributed by atoms with van der Waals surface area (Å²) in [6.45, 7) is 4.05. The summed E-state index contributed by atoms with van der Waals surface area (Å²) in [5, 5.41) is 0.863. The molecule has 1 aliphatic rings. The standard InChI is InChI=1S/C11H19BrO/c1-9(8-12)11(13-2)10-6-4-3-5-7-10/h10-11H,1,3-8H2,2H3. The van der Waals surface area contributed by atoms with Crippen LogP contribution in [0, 0.1) is 5.92 Å². The van der Waals surface area contributed by atoms with Crippen molar-refractivity contribution >= 4 is 15.9 Å². The van der Waals surface area contributed by atoms with Crippen molar-refractivity contribution in [2.45, 2.75) is 38.2 Å². The van der Waals surface area contributed by atoms with E-state index in [1.54, 1.807) is 7.11 Å². The predicted molar refractivity (Wildman–Crippen MR) is 60.3 cm³/mol. The van der Waals surface area contributed by atoms with Crippen LogP contribution in [0.4, 0.5) is 0 Å². The van der Waals surface area contributed by atoms with Crippen LogP contribution in [0.5, 0.6) is 0 Å². The molecule has 1 saturated carbocycles. The quantitative estimate of drug-likeness (QED) is 0.545. The third kappa shape index (κ3) is 3.10. The van der Waals surface area contributed by atoms with Crippen LogP contribution in [-0.2, 0) is 4.74 Å². The highest BCUT2D eigenvalue weighted by Crippen LogP contribution is 2.30. The van der Waals surface area contributed by atoms with E-state index in [2.05, 4.69) is 22.5 Å². The zero-order valence-electron chi connectivity index (χ0n) is 8.39. The molecule has 0 radical (unpaired) electrons. The number of methoxy groups -OCH3 is 1. The number of hydrogen-bond acceptors (Lipinski definition) is 1. The Morgan fingerprint density at radius 3 is 2.54 bits per heavy atom. The zero-order chi connectivity index (χ0) is 9.68. The van der Waals surface area contributed by atoms with Gasteiger partial charge in [0.2, 0.25) is 0 Å². The number of alkyl halides is 1. The van der Waals surface area contributed by atoms with Crippen LogP contribution in [0.15, 0.2) is 12.2 Å². The summed E-state index contributed by atoms with van der Waals surface area (Å²) in [4.78, 5) is 0. The molecule has 2 heteroatoms. The van der Waals surface area contributed by atoms with Gasteiger partial charge in [-0.15, -0.1) is 0 Å². The lowest BCUT2D eigenvalue weighted by Crippen LogP contribution is -2.27. The van der Waals surface area contributed by atoms with Crippen molar-refractivity contribution in [3.8, 4) is 0 Å². The van der Waals surface area contributed by atoms with Crippen molar-refractivity contribution in [1.29, 1.82) is 0 Å². The van der Waals surface area contributed by atoms with Crippen molar-refractivity contribution < 1.29 is 4.74 Å². The second-order valence-corrected chi connectivity index (χ2v) is 4.41. The fourth-order valence-corrected chi connectivity index (χ4v) is 2.52. The van der Waals surface area contributed by atoms with Crippen LogP contribution in [-0.4, -0.2) is 18.5 Å². The molecule has 0 aromatic rings. The van der Waals surface area contributed by atoms with Gasteiger partial charge in [0.15, 0.2) is 0 Å². The summed E-state index contributed by atoms with van der Waals surface area (Å²) >= 11 is 3.44. The van der Waals surface area contributed by atoms with Gasteiger partial charge < -0.3 is 4.74 Å². The number of hydrogen-bond donors (Lipinski definition) is 0. The Kier molecular flexibility index (Phi) is 5.04. The normalized spacial score (nSPS) is 21.4. The van der Waals surface area contributed by atoms with E-state index in [0.29, 0.717) is 5.92 Å². The highest BCUT2D eigenvalue weighted by atomic mass is 79.9. The first-order valence-electron chi connectivity index (χ1n) is 5.06. The van der Waals surface area contributed by atoms with E-state index in [1.807, 2.05) is 0 Å². The molecule has 1 aliphatic carbocycles. The van der Waals surface area contributed by atoms with Gasteiger partial charge in [-0.1, -0.05) is 41.8 Å². The van der Waals surface area contributed by atoms with E-state index >= 15 is 0 Å². The average molecular weight is 247 g/mol. The first-order chi connectivity index (χ1) is 6.29. The van der Waals surface area contributed by atoms with E-state index in [9.17, 15) is 0 Å². The first kappa shape index (κ1) is 11.3. The van der Waals surface area contributed by atoms with E-state index in [4.69, 9.17) is 4.74 Å². The second-order valence-electron chi connectivity index (χ2n) is 3.85. The Morgan fingerprint density at radius 1 is 1.46 bits per heavy atom. The van der Waals surface area contributed by atoms with Crippen LogP contribution in [0.3, 0.4) is 0 Å². The Labute approximate surface area is 89.7 Å². The Balaban J connectivity index is 2.48. The topological polar surface area (TPSA) is 9.23 Å². The Bertz CT molecular complexity index is 161. The highest BCUT2D eigenvalue weighted by molar-refractivity contribution is 9.09. The summed E-state index contributed by atoms with van der Waals surface area (Å²) < 4.78 is 5.51. The number of rotatable bonds is 4. The van der Waals surface area contributed by atoms with Gasteiger partial charge >= 0.3 is 0 Å². The fourth-order valence-electron chi connectivity index (χ4n) is 2.21. The van der Waals surface area contributed by atoms with Crippen molar-refractivity contribution in [2.75, 3.05) is 12.4 Å². The van der Waals surface area contributed by atoms with Crippen molar-refractivity contribution in [3.05, 3.63) is 12.2 Å². The van der Waals surface area contributed by atoms with Gasteiger partial charge in [0.05, 0.1) is 6.10 Å². The molecule has 1 unspecified atom stereocenters. The van der Waals surface area contributed by atoms with Gasteiger partial charge in [0.25, 0.3) is 0 Å². The molecule has 0 aliphatic heterocycles. The molecular formula is C11H19BrO. The highest BCUT2D eigenvalue weighted by Gasteiger charge is 2.24. The minimum Gasteiger partial charge on any atom is -0.377 e. The lowest BCUT2D eigenvalue weighted by Gasteiger charge is -2.30. The summed E-state index contributed by atoms with van der Waals surface area (Å²) in [7, 11) is 1.80. The molecule has 0 saturated heterocycles.